The first-order valence-electron chi connectivity index (χ1n) is 35.7. The largest absolute Gasteiger partial charge is 0.309 e. The van der Waals surface area contributed by atoms with Gasteiger partial charge >= 0.3 is 0 Å². The first-order chi connectivity index (χ1) is 52.6. The van der Waals surface area contributed by atoms with E-state index in [1.165, 1.54) is 16.2 Å². The standard InChI is InChI=1S/C96H60N10/c1-5-24-61(25-6-1)69-32-23-35-72(60-69)94-98-92(65-28-9-3-10-29-65)100-96(102-94)106-84-45-20-16-41-80(84)88-86(106)57-55-78-76-39-14-18-43-82(76)104(90(78)88)74-52-50-63(51-53-74)68-31-22-34-71(59-68)70-33-21-30-67(58-70)62-46-48-66(49-47-62)93-97-91(64-26-7-2-8-27-64)99-95(101-93)105-83-44-19-15-40-79(83)87-85(105)56-54-77-75-38-13-17-42-81(75)103(89(77)87)73-36-11-4-12-37-73/h1-60H. The van der Waals surface area contributed by atoms with Gasteiger partial charge in [-0.15, -0.1) is 0 Å². The van der Waals surface area contributed by atoms with Crippen molar-refractivity contribution < 1.29 is 0 Å². The summed E-state index contributed by atoms with van der Waals surface area (Å²) in [5.74, 6) is 3.47. The van der Waals surface area contributed by atoms with Crippen molar-refractivity contribution in [1.82, 2.24) is 48.2 Å². The molecule has 6 aromatic heterocycles. The lowest BCUT2D eigenvalue weighted by Gasteiger charge is -2.12. The Morgan fingerprint density at radius 2 is 0.443 bits per heavy atom. The van der Waals surface area contributed by atoms with E-state index in [2.05, 4.69) is 340 Å². The van der Waals surface area contributed by atoms with Crippen molar-refractivity contribution in [3.8, 4) is 113 Å². The van der Waals surface area contributed by atoms with Crippen molar-refractivity contribution in [1.29, 1.82) is 0 Å². The van der Waals surface area contributed by atoms with Crippen LogP contribution >= 0.6 is 0 Å². The Bertz CT molecular complexity index is 7040. The van der Waals surface area contributed by atoms with Crippen molar-refractivity contribution >= 4 is 87.2 Å². The lowest BCUT2D eigenvalue weighted by molar-refractivity contribution is 0.953. The lowest BCUT2D eigenvalue weighted by atomic mass is 9.96. The molecule has 0 N–H and O–H groups in total. The highest BCUT2D eigenvalue weighted by Gasteiger charge is 2.26. The molecule has 0 atom stereocenters. The quantitative estimate of drug-likeness (QED) is 0.121. The van der Waals surface area contributed by atoms with Crippen LogP contribution in [0.4, 0.5) is 0 Å². The van der Waals surface area contributed by atoms with Crippen molar-refractivity contribution in [2.24, 2.45) is 0 Å². The lowest BCUT2D eigenvalue weighted by Crippen LogP contribution is -2.06. The van der Waals surface area contributed by atoms with E-state index in [4.69, 9.17) is 29.9 Å². The molecule has 494 valence electrons. The molecular formula is C96H60N10. The minimum absolute atomic E-state index is 0.544. The van der Waals surface area contributed by atoms with Gasteiger partial charge in [-0.2, -0.15) is 19.9 Å². The van der Waals surface area contributed by atoms with Crippen LogP contribution in [0.1, 0.15) is 0 Å². The van der Waals surface area contributed by atoms with Crippen molar-refractivity contribution in [2.75, 3.05) is 0 Å². The summed E-state index contributed by atoms with van der Waals surface area (Å²) >= 11 is 0. The Balaban J connectivity index is 0.621. The third kappa shape index (κ3) is 9.95. The maximum atomic E-state index is 5.39. The van der Waals surface area contributed by atoms with Crippen molar-refractivity contribution in [3.63, 3.8) is 0 Å². The normalized spacial score (nSPS) is 11.8. The van der Waals surface area contributed by atoms with Crippen LogP contribution in [0.15, 0.2) is 364 Å². The molecule has 0 bridgehead atoms. The van der Waals surface area contributed by atoms with Gasteiger partial charge in [-0.1, -0.05) is 285 Å². The third-order valence-electron chi connectivity index (χ3n) is 20.9. The fraction of sp³-hybridized carbons (Fsp3) is 0. The van der Waals surface area contributed by atoms with E-state index in [1.54, 1.807) is 0 Å². The minimum atomic E-state index is 0.544. The van der Waals surface area contributed by atoms with Crippen LogP contribution in [0, 0.1) is 0 Å². The topological polar surface area (TPSA) is 97.1 Å². The Morgan fingerprint density at radius 1 is 0.160 bits per heavy atom. The van der Waals surface area contributed by atoms with E-state index in [-0.39, 0.29) is 0 Å². The molecule has 0 saturated carbocycles. The van der Waals surface area contributed by atoms with Gasteiger partial charge in [0.15, 0.2) is 23.3 Å². The Morgan fingerprint density at radius 3 is 0.877 bits per heavy atom. The number of hydrogen-bond acceptors (Lipinski definition) is 6. The van der Waals surface area contributed by atoms with E-state index < -0.39 is 0 Å². The summed E-state index contributed by atoms with van der Waals surface area (Å²) in [6.45, 7) is 0. The first kappa shape index (κ1) is 60.3. The van der Waals surface area contributed by atoms with Gasteiger partial charge in [0, 0.05) is 76.7 Å². The monoisotopic (exact) mass is 1350 g/mol. The Labute approximate surface area is 609 Å². The van der Waals surface area contributed by atoms with E-state index in [1.807, 2.05) is 42.5 Å². The molecule has 0 aliphatic carbocycles. The van der Waals surface area contributed by atoms with Gasteiger partial charge in [-0.05, 0) is 123 Å². The van der Waals surface area contributed by atoms with E-state index in [0.717, 1.165) is 149 Å². The van der Waals surface area contributed by atoms with Crippen molar-refractivity contribution in [3.05, 3.63) is 364 Å². The average Bonchev–Trinajstić information content (AvgIpc) is 1.55. The van der Waals surface area contributed by atoms with Crippen LogP contribution in [0.3, 0.4) is 0 Å². The summed E-state index contributed by atoms with van der Waals surface area (Å²) in [5, 5.41) is 9.20. The molecule has 0 fully saturated rings. The number of para-hydroxylation sites is 5. The molecule has 0 amide bonds. The van der Waals surface area contributed by atoms with E-state index in [0.29, 0.717) is 35.2 Å². The van der Waals surface area contributed by atoms with E-state index in [9.17, 15) is 0 Å². The maximum Gasteiger partial charge on any atom is 0.238 e. The summed E-state index contributed by atoms with van der Waals surface area (Å²) in [5.41, 5.74) is 23.2. The molecule has 106 heavy (non-hydrogen) atoms. The van der Waals surface area contributed by atoms with Gasteiger partial charge in [-0.25, -0.2) is 9.97 Å². The van der Waals surface area contributed by atoms with Crippen LogP contribution in [0.25, 0.3) is 201 Å². The van der Waals surface area contributed by atoms with Gasteiger partial charge in [0.25, 0.3) is 0 Å². The van der Waals surface area contributed by atoms with Gasteiger partial charge in [0.2, 0.25) is 11.9 Å². The van der Waals surface area contributed by atoms with Crippen molar-refractivity contribution in [2.45, 2.75) is 0 Å². The van der Waals surface area contributed by atoms with Crippen LogP contribution in [0.2, 0.25) is 0 Å². The van der Waals surface area contributed by atoms with Gasteiger partial charge in [0.05, 0.1) is 44.1 Å². The fourth-order valence-corrected chi connectivity index (χ4v) is 16.0. The number of hydrogen-bond donors (Lipinski definition) is 0. The van der Waals surface area contributed by atoms with Crippen LogP contribution in [-0.2, 0) is 0 Å². The molecule has 15 aromatic carbocycles. The fourth-order valence-electron chi connectivity index (χ4n) is 16.0. The molecule has 0 aliphatic rings. The van der Waals surface area contributed by atoms with Gasteiger partial charge in [-0.3, -0.25) is 9.13 Å². The molecule has 0 saturated heterocycles. The average molecular weight is 1350 g/mol. The molecule has 6 heterocycles. The highest BCUT2D eigenvalue weighted by atomic mass is 15.2. The molecule has 0 spiro atoms. The van der Waals surface area contributed by atoms with Crippen LogP contribution < -0.4 is 0 Å². The number of benzene rings is 15. The zero-order valence-electron chi connectivity index (χ0n) is 57.1. The molecule has 0 aliphatic heterocycles. The Kier molecular flexibility index (Phi) is 14.0. The zero-order valence-corrected chi connectivity index (χ0v) is 57.1. The minimum Gasteiger partial charge on any atom is -0.309 e. The molecule has 0 radical (unpaired) electrons. The van der Waals surface area contributed by atoms with E-state index >= 15 is 0 Å². The second kappa shape index (κ2) is 24.7. The third-order valence-corrected chi connectivity index (χ3v) is 20.9. The maximum absolute atomic E-state index is 5.39. The molecule has 0 unspecified atom stereocenters. The Hall–Kier alpha value is -14.5. The molecule has 21 aromatic rings. The summed E-state index contributed by atoms with van der Waals surface area (Å²) in [6, 6.07) is 129. The van der Waals surface area contributed by atoms with Gasteiger partial charge in [0.1, 0.15) is 0 Å². The SMILES string of the molecule is c1ccc(-c2cccc(-c3nc(-c4ccccc4)nc(-n4c5ccccc5c5c4ccc4c6ccccc6n(-c6ccc(-c7cccc(-c8cccc(-c9ccc(-c%10nc(-c%11ccccc%11)nc(-n%11c%12ccccc%12c%12c%11ccc%11c%13ccccc%13n(-c%13ccccc%13)c%11%12)n%10)cc9)c8)c7)cc6)c45)n3)c2)cc1. The molecule has 21 rings (SSSR count). The first-order valence-corrected chi connectivity index (χ1v) is 35.7. The molecular weight excluding hydrogens is 1290 g/mol. The zero-order chi connectivity index (χ0) is 69.8. The number of nitrogens with zero attached hydrogens (tertiary/aromatic N) is 10. The predicted octanol–water partition coefficient (Wildman–Crippen LogP) is 23.8. The summed E-state index contributed by atoms with van der Waals surface area (Å²) < 4.78 is 9.27. The number of fused-ring (bicyclic) bond motifs is 14. The summed E-state index contributed by atoms with van der Waals surface area (Å²) in [4.78, 5) is 31.8. The number of aromatic nitrogens is 10. The second-order valence-electron chi connectivity index (χ2n) is 27.0. The number of rotatable bonds is 12. The molecule has 10 nitrogen and oxygen atoms in total. The van der Waals surface area contributed by atoms with Crippen LogP contribution in [-0.4, -0.2) is 48.2 Å². The highest BCUT2D eigenvalue weighted by molar-refractivity contribution is 6.27. The molecule has 10 heteroatoms. The van der Waals surface area contributed by atoms with Crippen LogP contribution in [0.5, 0.6) is 0 Å². The smallest absolute Gasteiger partial charge is 0.238 e. The second-order valence-corrected chi connectivity index (χ2v) is 27.0. The summed E-state index contributed by atoms with van der Waals surface area (Å²) in [7, 11) is 0. The van der Waals surface area contributed by atoms with Gasteiger partial charge < -0.3 is 9.13 Å². The predicted molar refractivity (Wildman–Crippen MR) is 434 cm³/mol. The highest BCUT2D eigenvalue weighted by Crippen LogP contribution is 2.45. The summed E-state index contributed by atoms with van der Waals surface area (Å²) in [6.07, 6.45) is 0.